The van der Waals surface area contributed by atoms with Gasteiger partial charge in [-0.1, -0.05) is 0 Å². The number of hydrogen-bond acceptors (Lipinski definition) is 3. The SMILES string of the molecule is Cc1cc(Br)nc(N(Cl)C(=O)[C@@H]2C[C@@H](F)CN2)c1. The normalized spacial score (nSPS) is 23.1. The fraction of sp³-hybridized carbons (Fsp3) is 0.455. The van der Waals surface area contributed by atoms with Crippen molar-refractivity contribution in [1.82, 2.24) is 10.3 Å². The molecule has 1 aromatic rings. The van der Waals surface area contributed by atoms with Crippen molar-refractivity contribution in [2.75, 3.05) is 11.0 Å². The molecule has 1 fully saturated rings. The van der Waals surface area contributed by atoms with E-state index in [0.717, 1.165) is 9.98 Å². The number of amides is 1. The second kappa shape index (κ2) is 5.50. The molecule has 1 aliphatic heterocycles. The van der Waals surface area contributed by atoms with Crippen LogP contribution in [0.5, 0.6) is 0 Å². The second-order valence-corrected chi connectivity index (χ2v) is 5.39. The molecule has 1 amide bonds. The van der Waals surface area contributed by atoms with Crippen LogP contribution in [0.4, 0.5) is 10.2 Å². The molecule has 0 spiro atoms. The van der Waals surface area contributed by atoms with E-state index in [4.69, 9.17) is 11.8 Å². The number of pyridine rings is 1. The minimum Gasteiger partial charge on any atom is -0.303 e. The van der Waals surface area contributed by atoms with Gasteiger partial charge in [-0.05, 0) is 40.5 Å². The Hall–Kier alpha value is -0.720. The van der Waals surface area contributed by atoms with Crippen LogP contribution in [-0.4, -0.2) is 29.6 Å². The van der Waals surface area contributed by atoms with Gasteiger partial charge in [0.1, 0.15) is 10.8 Å². The Morgan fingerprint density at radius 2 is 2.39 bits per heavy atom. The fourth-order valence-electron chi connectivity index (χ4n) is 1.84. The molecular weight excluding hydrogens is 324 g/mol. The van der Waals surface area contributed by atoms with Gasteiger partial charge in [0, 0.05) is 24.7 Å². The van der Waals surface area contributed by atoms with E-state index in [1.807, 2.05) is 13.0 Å². The monoisotopic (exact) mass is 335 g/mol. The third kappa shape index (κ3) is 2.99. The first-order valence-corrected chi connectivity index (χ1v) is 6.62. The minimum absolute atomic E-state index is 0.148. The zero-order chi connectivity index (χ0) is 13.3. The average Bonchev–Trinajstić information content (AvgIpc) is 2.72. The van der Waals surface area contributed by atoms with Crippen molar-refractivity contribution < 1.29 is 9.18 Å². The van der Waals surface area contributed by atoms with Crippen LogP contribution in [-0.2, 0) is 4.79 Å². The molecule has 4 nitrogen and oxygen atoms in total. The van der Waals surface area contributed by atoms with E-state index in [1.54, 1.807) is 6.07 Å². The van der Waals surface area contributed by atoms with Crippen molar-refractivity contribution in [2.24, 2.45) is 0 Å². The summed E-state index contributed by atoms with van der Waals surface area (Å²) in [5.41, 5.74) is 0.924. The number of carbonyl (C=O) groups excluding carboxylic acids is 1. The molecule has 1 aromatic heterocycles. The first-order chi connectivity index (χ1) is 8.47. The first-order valence-electron chi connectivity index (χ1n) is 5.49. The van der Waals surface area contributed by atoms with Gasteiger partial charge >= 0.3 is 0 Å². The van der Waals surface area contributed by atoms with Crippen LogP contribution in [0.3, 0.4) is 0 Å². The molecule has 1 N–H and O–H groups in total. The maximum atomic E-state index is 13.0. The summed E-state index contributed by atoms with van der Waals surface area (Å²) < 4.78 is 14.6. The Labute approximate surface area is 118 Å². The maximum Gasteiger partial charge on any atom is 0.260 e. The van der Waals surface area contributed by atoms with E-state index in [2.05, 4.69) is 26.2 Å². The van der Waals surface area contributed by atoms with Gasteiger partial charge in [-0.3, -0.25) is 4.79 Å². The van der Waals surface area contributed by atoms with E-state index in [0.29, 0.717) is 10.4 Å². The van der Waals surface area contributed by atoms with Crippen molar-refractivity contribution in [3.05, 3.63) is 22.3 Å². The van der Waals surface area contributed by atoms with Gasteiger partial charge in [-0.15, -0.1) is 0 Å². The zero-order valence-corrected chi connectivity index (χ0v) is 12.0. The largest absolute Gasteiger partial charge is 0.303 e. The average molecular weight is 337 g/mol. The van der Waals surface area contributed by atoms with Crippen LogP contribution in [0.25, 0.3) is 0 Å². The summed E-state index contributed by atoms with van der Waals surface area (Å²) in [6.45, 7) is 2.06. The lowest BCUT2D eigenvalue weighted by molar-refractivity contribution is -0.119. The molecule has 0 radical (unpaired) electrons. The number of carbonyl (C=O) groups is 1. The van der Waals surface area contributed by atoms with Gasteiger partial charge in [-0.25, -0.2) is 13.8 Å². The number of hydrogen-bond donors (Lipinski definition) is 1. The van der Waals surface area contributed by atoms with Gasteiger partial charge in [0.25, 0.3) is 5.91 Å². The Morgan fingerprint density at radius 3 is 2.94 bits per heavy atom. The van der Waals surface area contributed by atoms with Crippen LogP contribution in [0.15, 0.2) is 16.7 Å². The number of nitrogens with one attached hydrogen (secondary N) is 1. The van der Waals surface area contributed by atoms with Crippen LogP contribution >= 0.6 is 27.7 Å². The minimum atomic E-state index is -0.999. The van der Waals surface area contributed by atoms with E-state index in [1.165, 1.54) is 0 Å². The zero-order valence-electron chi connectivity index (χ0n) is 9.66. The molecule has 2 heterocycles. The fourth-order valence-corrected chi connectivity index (χ4v) is 2.59. The van der Waals surface area contributed by atoms with Crippen molar-refractivity contribution in [1.29, 1.82) is 0 Å². The van der Waals surface area contributed by atoms with Gasteiger partial charge < -0.3 is 5.32 Å². The molecule has 0 unspecified atom stereocenters. The van der Waals surface area contributed by atoms with Gasteiger partial charge in [-0.2, -0.15) is 0 Å². The number of aryl methyl sites for hydroxylation is 1. The molecule has 1 aliphatic rings. The number of alkyl halides is 1. The van der Waals surface area contributed by atoms with Gasteiger partial charge in [0.15, 0.2) is 5.82 Å². The summed E-state index contributed by atoms with van der Waals surface area (Å²) >= 11 is 9.21. The van der Waals surface area contributed by atoms with Crippen LogP contribution in [0.2, 0.25) is 0 Å². The van der Waals surface area contributed by atoms with Gasteiger partial charge in [0.05, 0.1) is 6.04 Å². The van der Waals surface area contributed by atoms with Crippen molar-refractivity contribution in [2.45, 2.75) is 25.6 Å². The summed E-state index contributed by atoms with van der Waals surface area (Å²) in [5.74, 6) is -0.0560. The Bertz CT molecular complexity index is 453. The molecule has 2 rings (SSSR count). The van der Waals surface area contributed by atoms with E-state index in [9.17, 15) is 9.18 Å². The Morgan fingerprint density at radius 1 is 1.67 bits per heavy atom. The van der Waals surface area contributed by atoms with Crippen LogP contribution < -0.4 is 9.74 Å². The Kier molecular flexibility index (Phi) is 4.19. The van der Waals surface area contributed by atoms with E-state index in [-0.39, 0.29) is 18.9 Å². The first kappa shape index (κ1) is 13.7. The summed E-state index contributed by atoms with van der Waals surface area (Å²) in [6.07, 6.45) is -0.851. The standard InChI is InChI=1S/C11H12BrClFN3O/c1-6-2-9(12)16-10(3-6)17(13)11(18)8-4-7(14)5-15-8/h2-3,7-8,15H,4-5H2,1H3/t7-,8+/m1/s1. The number of nitrogens with zero attached hydrogens (tertiary/aromatic N) is 2. The van der Waals surface area contributed by atoms with Crippen molar-refractivity contribution in [3.8, 4) is 0 Å². The number of aromatic nitrogens is 1. The molecule has 1 saturated heterocycles. The molecular formula is C11H12BrClFN3O. The molecule has 18 heavy (non-hydrogen) atoms. The third-order valence-electron chi connectivity index (χ3n) is 2.69. The second-order valence-electron chi connectivity index (χ2n) is 4.24. The van der Waals surface area contributed by atoms with Crippen LogP contribution in [0, 0.1) is 6.92 Å². The number of rotatable bonds is 2. The summed E-state index contributed by atoms with van der Waals surface area (Å²) in [5, 5.41) is 2.80. The summed E-state index contributed by atoms with van der Waals surface area (Å²) in [7, 11) is 0. The quantitative estimate of drug-likeness (QED) is 0.666. The highest BCUT2D eigenvalue weighted by molar-refractivity contribution is 9.10. The smallest absolute Gasteiger partial charge is 0.260 e. The highest BCUT2D eigenvalue weighted by Gasteiger charge is 2.33. The number of halogens is 3. The van der Waals surface area contributed by atoms with Crippen molar-refractivity contribution in [3.63, 3.8) is 0 Å². The van der Waals surface area contributed by atoms with Crippen molar-refractivity contribution >= 4 is 39.4 Å². The Balaban J connectivity index is 2.15. The molecule has 0 aromatic carbocycles. The van der Waals surface area contributed by atoms with E-state index >= 15 is 0 Å². The lowest BCUT2D eigenvalue weighted by Crippen LogP contribution is -2.39. The molecule has 7 heteroatoms. The van der Waals surface area contributed by atoms with E-state index < -0.39 is 12.2 Å². The topological polar surface area (TPSA) is 45.2 Å². The molecule has 98 valence electrons. The maximum absolute atomic E-state index is 13.0. The number of anilines is 1. The summed E-state index contributed by atoms with van der Waals surface area (Å²) in [6, 6.07) is 2.92. The molecule has 2 atom stereocenters. The summed E-state index contributed by atoms with van der Waals surface area (Å²) in [4.78, 5) is 16.1. The van der Waals surface area contributed by atoms with Crippen LogP contribution in [0.1, 0.15) is 12.0 Å². The van der Waals surface area contributed by atoms with Gasteiger partial charge in [0.2, 0.25) is 0 Å². The predicted octanol–water partition coefficient (Wildman–Crippen LogP) is 2.34. The molecule has 0 bridgehead atoms. The molecule has 0 aliphatic carbocycles. The predicted molar refractivity (Wildman–Crippen MR) is 71.3 cm³/mol. The lowest BCUT2D eigenvalue weighted by Gasteiger charge is -2.17. The third-order valence-corrected chi connectivity index (χ3v) is 3.44. The highest BCUT2D eigenvalue weighted by atomic mass is 79.9. The molecule has 0 saturated carbocycles. The lowest BCUT2D eigenvalue weighted by atomic mass is 10.2. The highest BCUT2D eigenvalue weighted by Crippen LogP contribution is 2.22.